The van der Waals surface area contributed by atoms with Crippen LogP contribution in [0.2, 0.25) is 0 Å². The van der Waals surface area contributed by atoms with Crippen LogP contribution in [0.4, 0.5) is 11.4 Å². The van der Waals surface area contributed by atoms with Crippen molar-refractivity contribution < 1.29 is 27.1 Å². The maximum Gasteiger partial charge on any atom is 0.339 e. The number of carbonyl (C=O) groups is 2. The molecule has 2 bridgehead atoms. The molecule has 0 radical (unpaired) electrons. The number of allylic oxidation sites excluding steroid dienone is 2. The van der Waals surface area contributed by atoms with Crippen LogP contribution in [-0.4, -0.2) is 34.9 Å². The smallest absolute Gasteiger partial charge is 0.339 e. The van der Waals surface area contributed by atoms with Gasteiger partial charge in [0.15, 0.2) is 9.75 Å². The van der Waals surface area contributed by atoms with E-state index in [9.17, 15) is 28.1 Å². The van der Waals surface area contributed by atoms with E-state index in [-0.39, 0.29) is 33.9 Å². The van der Waals surface area contributed by atoms with Crippen molar-refractivity contribution in [2.75, 3.05) is 4.90 Å². The number of nitro groups is 1. The summed E-state index contributed by atoms with van der Waals surface area (Å²) in [5, 5.41) is 10.7. The summed E-state index contributed by atoms with van der Waals surface area (Å²) in [7, 11) is -4.28. The lowest BCUT2D eigenvalue weighted by Gasteiger charge is -2.32. The van der Waals surface area contributed by atoms with Crippen molar-refractivity contribution in [1.29, 1.82) is 0 Å². The Hall–Kier alpha value is -2.95. The number of nitrogens with zero attached hydrogens (tertiary/aromatic N) is 2. The summed E-state index contributed by atoms with van der Waals surface area (Å²) < 4.78 is 30.2. The molecule has 2 aromatic carbocycles. The van der Waals surface area contributed by atoms with Gasteiger partial charge in [-0.3, -0.25) is 19.7 Å². The zero-order valence-corrected chi connectivity index (χ0v) is 18.9. The molecular formula is C21H14Cl2N2O7S. The lowest BCUT2D eigenvalue weighted by Crippen LogP contribution is -2.51. The number of carbonyl (C=O) groups excluding carboxylic acids is 2. The molecule has 0 aromatic heterocycles. The SMILES string of the molecule is O=C1N(c2ccc(S(=O)(=O)Oc3ccc([N+](=O)[O-])cc3)cc2)C(=O)C2(Cl)C3C=CC(C3)C12Cl. The predicted molar refractivity (Wildman–Crippen MR) is 118 cm³/mol. The van der Waals surface area contributed by atoms with Crippen molar-refractivity contribution in [1.82, 2.24) is 0 Å². The summed E-state index contributed by atoms with van der Waals surface area (Å²) >= 11 is 13.3. The van der Waals surface area contributed by atoms with E-state index in [0.717, 1.165) is 29.2 Å². The van der Waals surface area contributed by atoms with E-state index in [1.165, 1.54) is 24.3 Å². The molecule has 5 rings (SSSR count). The second-order valence-corrected chi connectivity index (χ2v) is 10.7. The fourth-order valence-corrected chi connectivity index (χ4v) is 6.53. The molecule has 4 atom stereocenters. The number of benzene rings is 2. The van der Waals surface area contributed by atoms with Crippen LogP contribution >= 0.6 is 23.2 Å². The van der Waals surface area contributed by atoms with Crippen LogP contribution in [0.25, 0.3) is 0 Å². The lowest BCUT2D eigenvalue weighted by atomic mass is 9.83. The number of hydrogen-bond donors (Lipinski definition) is 0. The van der Waals surface area contributed by atoms with Crippen molar-refractivity contribution in [3.05, 3.63) is 70.8 Å². The summed E-state index contributed by atoms with van der Waals surface area (Å²) in [5.74, 6) is -2.12. The highest BCUT2D eigenvalue weighted by atomic mass is 35.5. The third-order valence-corrected chi connectivity index (χ3v) is 9.14. The average Bonchev–Trinajstić information content (AvgIpc) is 3.40. The molecule has 2 aliphatic carbocycles. The van der Waals surface area contributed by atoms with Crippen LogP contribution in [-0.2, 0) is 19.7 Å². The van der Waals surface area contributed by atoms with Crippen molar-refractivity contribution >= 4 is 56.5 Å². The van der Waals surface area contributed by atoms with Gasteiger partial charge in [0.1, 0.15) is 10.6 Å². The Morgan fingerprint density at radius 1 is 0.939 bits per heavy atom. The Balaban J connectivity index is 1.40. The van der Waals surface area contributed by atoms with Crippen LogP contribution < -0.4 is 9.08 Å². The fraction of sp³-hybridized carbons (Fsp3) is 0.238. The van der Waals surface area contributed by atoms with Gasteiger partial charge in [0.05, 0.1) is 10.6 Å². The quantitative estimate of drug-likeness (QED) is 0.151. The zero-order chi connectivity index (χ0) is 23.8. The van der Waals surface area contributed by atoms with Gasteiger partial charge in [-0.05, 0) is 42.8 Å². The van der Waals surface area contributed by atoms with E-state index >= 15 is 0 Å². The predicted octanol–water partition coefficient (Wildman–Crippen LogP) is 3.40. The summed E-state index contributed by atoms with van der Waals surface area (Å²) in [6.07, 6.45) is 4.13. The second-order valence-electron chi connectivity index (χ2n) is 7.99. The molecule has 33 heavy (non-hydrogen) atoms. The van der Waals surface area contributed by atoms with E-state index in [0.29, 0.717) is 6.42 Å². The zero-order valence-electron chi connectivity index (χ0n) is 16.6. The molecule has 3 aliphatic rings. The number of alkyl halides is 2. The number of amides is 2. The summed E-state index contributed by atoms with van der Waals surface area (Å²) in [6.45, 7) is 0. The first-order valence-corrected chi connectivity index (χ1v) is 11.9. The Morgan fingerprint density at radius 2 is 1.45 bits per heavy atom. The van der Waals surface area contributed by atoms with Gasteiger partial charge < -0.3 is 4.18 Å². The molecule has 9 nitrogen and oxygen atoms in total. The monoisotopic (exact) mass is 508 g/mol. The topological polar surface area (TPSA) is 124 Å². The molecule has 0 N–H and O–H groups in total. The van der Waals surface area contributed by atoms with Gasteiger partial charge in [0, 0.05) is 24.0 Å². The molecule has 0 spiro atoms. The van der Waals surface area contributed by atoms with Gasteiger partial charge in [-0.2, -0.15) is 8.42 Å². The fourth-order valence-electron chi connectivity index (χ4n) is 4.67. The molecule has 2 fully saturated rings. The molecule has 12 heteroatoms. The Labute approximate surface area is 197 Å². The first-order valence-electron chi connectivity index (χ1n) is 9.74. The summed E-state index contributed by atoms with van der Waals surface area (Å²) in [6, 6.07) is 9.48. The molecule has 2 amide bonds. The number of non-ortho nitro benzene ring substituents is 1. The van der Waals surface area contributed by atoms with E-state index in [4.69, 9.17) is 27.4 Å². The number of fused-ring (bicyclic) bond motifs is 5. The van der Waals surface area contributed by atoms with Crippen LogP contribution in [0.15, 0.2) is 65.6 Å². The minimum Gasteiger partial charge on any atom is -0.379 e. The van der Waals surface area contributed by atoms with Crippen molar-refractivity contribution in [2.45, 2.75) is 21.1 Å². The van der Waals surface area contributed by atoms with Gasteiger partial charge in [-0.1, -0.05) is 12.2 Å². The highest BCUT2D eigenvalue weighted by Crippen LogP contribution is 2.64. The van der Waals surface area contributed by atoms with E-state index < -0.39 is 36.6 Å². The Morgan fingerprint density at radius 3 is 1.94 bits per heavy atom. The van der Waals surface area contributed by atoms with Crippen molar-refractivity contribution in [2.24, 2.45) is 11.8 Å². The third kappa shape index (κ3) is 2.87. The normalized spacial score (nSPS) is 30.1. The number of anilines is 1. The highest BCUT2D eigenvalue weighted by Gasteiger charge is 2.78. The van der Waals surface area contributed by atoms with Crippen LogP contribution in [0.5, 0.6) is 5.75 Å². The van der Waals surface area contributed by atoms with Gasteiger partial charge >= 0.3 is 10.1 Å². The second kappa shape index (κ2) is 7.02. The molecule has 1 saturated carbocycles. The largest absolute Gasteiger partial charge is 0.379 e. The molecular weight excluding hydrogens is 495 g/mol. The minimum absolute atomic E-state index is 0.112. The van der Waals surface area contributed by atoms with Crippen LogP contribution in [0.3, 0.4) is 0 Å². The molecule has 1 heterocycles. The lowest BCUT2D eigenvalue weighted by molar-refractivity contribution is -0.384. The minimum atomic E-state index is -4.28. The van der Waals surface area contributed by atoms with Crippen LogP contribution in [0, 0.1) is 22.0 Å². The summed E-state index contributed by atoms with van der Waals surface area (Å²) in [5.41, 5.74) is -0.0836. The highest BCUT2D eigenvalue weighted by molar-refractivity contribution is 7.87. The molecule has 170 valence electrons. The molecule has 4 unspecified atom stereocenters. The number of hydrogen-bond acceptors (Lipinski definition) is 7. The summed E-state index contributed by atoms with van der Waals surface area (Å²) in [4.78, 5) is 33.9. The van der Waals surface area contributed by atoms with Crippen molar-refractivity contribution in [3.63, 3.8) is 0 Å². The van der Waals surface area contributed by atoms with E-state index in [2.05, 4.69) is 0 Å². The number of rotatable bonds is 5. The van der Waals surface area contributed by atoms with Gasteiger partial charge in [-0.25, -0.2) is 4.90 Å². The number of nitro benzene ring substituents is 1. The number of halogens is 2. The Bertz CT molecular complexity index is 1310. The molecule has 1 aliphatic heterocycles. The van der Waals surface area contributed by atoms with Gasteiger partial charge in [0.25, 0.3) is 17.5 Å². The van der Waals surface area contributed by atoms with Gasteiger partial charge in [-0.15, -0.1) is 23.2 Å². The third-order valence-electron chi connectivity index (χ3n) is 6.30. The van der Waals surface area contributed by atoms with Gasteiger partial charge in [0.2, 0.25) is 0 Å². The standard InChI is InChI=1S/C21H14Cl2N2O7S/c22-20-12-1-2-13(11-12)21(20,23)19(27)24(18(20)26)14-5-9-17(10-6-14)33(30,31)32-16-7-3-15(4-8-16)25(28)29/h1-10,12-13H,11H2. The molecule has 1 saturated heterocycles. The maximum atomic E-state index is 13.2. The number of imide groups is 1. The maximum absolute atomic E-state index is 13.2. The first kappa shape index (κ1) is 21.9. The van der Waals surface area contributed by atoms with E-state index in [1.807, 2.05) is 0 Å². The van der Waals surface area contributed by atoms with Crippen LogP contribution in [0.1, 0.15) is 6.42 Å². The van der Waals surface area contributed by atoms with E-state index in [1.54, 1.807) is 12.2 Å². The molecule has 2 aromatic rings. The first-order chi connectivity index (χ1) is 15.5. The Kier molecular flexibility index (Phi) is 4.65. The van der Waals surface area contributed by atoms with Crippen molar-refractivity contribution in [3.8, 4) is 5.75 Å². The average molecular weight is 509 g/mol.